The molecule has 5 nitrogen and oxygen atoms in total. The normalized spacial score (nSPS) is 23.3. The molecule has 1 aliphatic rings. The highest BCUT2D eigenvalue weighted by Gasteiger charge is 2.36. The summed E-state index contributed by atoms with van der Waals surface area (Å²) in [6.45, 7) is 1.59. The number of aliphatic hydroxyl groups is 3. The topological polar surface area (TPSA) is 85.9 Å². The zero-order chi connectivity index (χ0) is 13.2. The Morgan fingerprint density at radius 3 is 2.39 bits per heavy atom. The molecule has 1 heterocycles. The average Bonchev–Trinajstić information content (AvgIpc) is 2.94. The van der Waals surface area contributed by atoms with Gasteiger partial charge in [0.25, 0.3) is 0 Å². The van der Waals surface area contributed by atoms with Crippen LogP contribution in [0, 0.1) is 5.92 Å². The standard InChI is InChI=1S/C13H21NO4/c1-9-4-11(9)12-3-2-10(18-12)5-14-13(6-15,7-16)8-17/h2-3,9,11,14-17H,4-8H2,1H3. The number of hydrogen-bond acceptors (Lipinski definition) is 5. The highest BCUT2D eigenvalue weighted by atomic mass is 16.3. The van der Waals surface area contributed by atoms with Crippen molar-refractivity contribution in [3.63, 3.8) is 0 Å². The van der Waals surface area contributed by atoms with Crippen LogP contribution in [0.25, 0.3) is 0 Å². The fourth-order valence-corrected chi connectivity index (χ4v) is 2.00. The molecule has 0 aliphatic heterocycles. The second-order valence-corrected chi connectivity index (χ2v) is 5.23. The van der Waals surface area contributed by atoms with Crippen molar-refractivity contribution in [3.8, 4) is 0 Å². The number of nitrogens with one attached hydrogen (secondary N) is 1. The molecule has 1 aliphatic carbocycles. The third kappa shape index (κ3) is 2.75. The minimum atomic E-state index is -1.06. The fraction of sp³-hybridized carbons (Fsp3) is 0.692. The molecule has 2 unspecified atom stereocenters. The Bertz CT molecular complexity index is 378. The van der Waals surface area contributed by atoms with E-state index in [2.05, 4.69) is 12.2 Å². The summed E-state index contributed by atoms with van der Waals surface area (Å²) in [5, 5.41) is 30.5. The molecule has 2 atom stereocenters. The highest BCUT2D eigenvalue weighted by Crippen LogP contribution is 2.47. The first kappa shape index (κ1) is 13.5. The molecular formula is C13H21NO4. The minimum Gasteiger partial charge on any atom is -0.464 e. The zero-order valence-electron chi connectivity index (χ0n) is 10.6. The van der Waals surface area contributed by atoms with E-state index in [1.54, 1.807) is 0 Å². The molecule has 0 radical (unpaired) electrons. The average molecular weight is 255 g/mol. The van der Waals surface area contributed by atoms with E-state index in [0.29, 0.717) is 18.4 Å². The van der Waals surface area contributed by atoms with Gasteiger partial charge in [-0.2, -0.15) is 0 Å². The van der Waals surface area contributed by atoms with Gasteiger partial charge >= 0.3 is 0 Å². The van der Waals surface area contributed by atoms with Gasteiger partial charge in [0.2, 0.25) is 0 Å². The summed E-state index contributed by atoms with van der Waals surface area (Å²) in [6, 6.07) is 3.87. The van der Waals surface area contributed by atoms with Crippen molar-refractivity contribution in [1.29, 1.82) is 0 Å². The molecule has 4 N–H and O–H groups in total. The Hall–Kier alpha value is -0.880. The predicted octanol–water partition coefficient (Wildman–Crippen LogP) is 0.208. The first-order valence-corrected chi connectivity index (χ1v) is 6.30. The van der Waals surface area contributed by atoms with Crippen LogP contribution in [0.15, 0.2) is 16.5 Å². The van der Waals surface area contributed by atoms with Gasteiger partial charge in [-0.3, -0.25) is 5.32 Å². The predicted molar refractivity (Wildman–Crippen MR) is 66.1 cm³/mol. The largest absolute Gasteiger partial charge is 0.464 e. The van der Waals surface area contributed by atoms with Gasteiger partial charge in [0.1, 0.15) is 11.5 Å². The van der Waals surface area contributed by atoms with Crippen molar-refractivity contribution in [2.75, 3.05) is 19.8 Å². The summed E-state index contributed by atoms with van der Waals surface area (Å²) in [6.07, 6.45) is 1.17. The third-order valence-electron chi connectivity index (χ3n) is 3.70. The van der Waals surface area contributed by atoms with E-state index in [1.807, 2.05) is 12.1 Å². The summed E-state index contributed by atoms with van der Waals surface area (Å²) >= 11 is 0. The van der Waals surface area contributed by atoms with Crippen LogP contribution in [0.2, 0.25) is 0 Å². The second-order valence-electron chi connectivity index (χ2n) is 5.23. The molecule has 18 heavy (non-hydrogen) atoms. The molecule has 1 aromatic rings. The Morgan fingerprint density at radius 1 is 1.28 bits per heavy atom. The van der Waals surface area contributed by atoms with E-state index >= 15 is 0 Å². The van der Waals surface area contributed by atoms with Crippen LogP contribution in [0.3, 0.4) is 0 Å². The van der Waals surface area contributed by atoms with Crippen LogP contribution >= 0.6 is 0 Å². The SMILES string of the molecule is CC1CC1c1ccc(CNC(CO)(CO)CO)o1. The fourth-order valence-electron chi connectivity index (χ4n) is 2.00. The van der Waals surface area contributed by atoms with Gasteiger partial charge in [0.05, 0.1) is 31.9 Å². The van der Waals surface area contributed by atoms with Crippen LogP contribution < -0.4 is 5.32 Å². The number of rotatable bonds is 7. The summed E-state index contributed by atoms with van der Waals surface area (Å²) in [5.41, 5.74) is -1.06. The molecular weight excluding hydrogens is 234 g/mol. The van der Waals surface area contributed by atoms with Gasteiger partial charge in [-0.25, -0.2) is 0 Å². The van der Waals surface area contributed by atoms with Crippen molar-refractivity contribution in [2.45, 2.75) is 31.3 Å². The van der Waals surface area contributed by atoms with Gasteiger partial charge in [-0.1, -0.05) is 6.92 Å². The highest BCUT2D eigenvalue weighted by molar-refractivity contribution is 5.17. The summed E-state index contributed by atoms with van der Waals surface area (Å²) in [4.78, 5) is 0. The minimum absolute atomic E-state index is 0.326. The maximum atomic E-state index is 9.18. The molecule has 5 heteroatoms. The molecule has 0 amide bonds. The van der Waals surface area contributed by atoms with Crippen molar-refractivity contribution in [1.82, 2.24) is 5.32 Å². The molecule has 0 aromatic carbocycles. The van der Waals surface area contributed by atoms with Crippen LogP contribution in [0.4, 0.5) is 0 Å². The number of hydrogen-bond donors (Lipinski definition) is 4. The van der Waals surface area contributed by atoms with Crippen LogP contribution in [-0.4, -0.2) is 40.7 Å². The first-order valence-electron chi connectivity index (χ1n) is 6.30. The lowest BCUT2D eigenvalue weighted by atomic mass is 10.0. The monoisotopic (exact) mass is 255 g/mol. The molecule has 0 spiro atoms. The van der Waals surface area contributed by atoms with Crippen molar-refractivity contribution < 1.29 is 19.7 Å². The molecule has 1 saturated carbocycles. The van der Waals surface area contributed by atoms with E-state index in [9.17, 15) is 15.3 Å². The number of aliphatic hydroxyl groups excluding tert-OH is 3. The van der Waals surface area contributed by atoms with Gasteiger partial charge < -0.3 is 19.7 Å². The molecule has 1 aromatic heterocycles. The summed E-state index contributed by atoms with van der Waals surface area (Å²) < 4.78 is 5.70. The molecule has 2 rings (SSSR count). The van der Waals surface area contributed by atoms with Gasteiger partial charge in [-0.05, 0) is 24.5 Å². The zero-order valence-corrected chi connectivity index (χ0v) is 10.6. The van der Waals surface area contributed by atoms with E-state index in [4.69, 9.17) is 4.42 Å². The van der Waals surface area contributed by atoms with Crippen molar-refractivity contribution in [3.05, 3.63) is 23.7 Å². The van der Waals surface area contributed by atoms with Crippen LogP contribution in [0.5, 0.6) is 0 Å². The second kappa shape index (κ2) is 5.40. The summed E-state index contributed by atoms with van der Waals surface area (Å²) in [5.74, 6) is 2.99. The smallest absolute Gasteiger partial charge is 0.117 e. The van der Waals surface area contributed by atoms with Crippen molar-refractivity contribution >= 4 is 0 Å². The molecule has 0 saturated heterocycles. The Morgan fingerprint density at radius 2 is 1.89 bits per heavy atom. The Labute approximate surface area is 106 Å². The van der Waals surface area contributed by atoms with E-state index in [0.717, 1.165) is 11.5 Å². The maximum Gasteiger partial charge on any atom is 0.117 e. The van der Waals surface area contributed by atoms with Crippen LogP contribution in [0.1, 0.15) is 30.8 Å². The van der Waals surface area contributed by atoms with Gasteiger partial charge in [-0.15, -0.1) is 0 Å². The maximum absolute atomic E-state index is 9.18. The third-order valence-corrected chi connectivity index (χ3v) is 3.70. The van der Waals surface area contributed by atoms with E-state index < -0.39 is 5.54 Å². The Kier molecular flexibility index (Phi) is 4.07. The molecule has 102 valence electrons. The van der Waals surface area contributed by atoms with Gasteiger partial charge in [0.15, 0.2) is 0 Å². The number of furan rings is 1. The van der Waals surface area contributed by atoms with E-state index in [1.165, 1.54) is 6.42 Å². The first-order chi connectivity index (χ1) is 8.64. The quantitative estimate of drug-likeness (QED) is 0.559. The Balaban J connectivity index is 1.91. The van der Waals surface area contributed by atoms with Gasteiger partial charge in [0, 0.05) is 5.92 Å². The van der Waals surface area contributed by atoms with E-state index in [-0.39, 0.29) is 19.8 Å². The van der Waals surface area contributed by atoms with Crippen molar-refractivity contribution in [2.24, 2.45) is 5.92 Å². The molecule has 1 fully saturated rings. The lowest BCUT2D eigenvalue weighted by molar-refractivity contribution is 0.0401. The lowest BCUT2D eigenvalue weighted by Gasteiger charge is -2.28. The van der Waals surface area contributed by atoms with Crippen LogP contribution in [-0.2, 0) is 6.54 Å². The summed E-state index contributed by atoms with van der Waals surface area (Å²) in [7, 11) is 0. The lowest BCUT2D eigenvalue weighted by Crippen LogP contribution is -2.54. The molecule has 0 bridgehead atoms.